The number of aliphatic hydroxyl groups is 1. The van der Waals surface area contributed by atoms with Gasteiger partial charge in [-0.2, -0.15) is 0 Å². The summed E-state index contributed by atoms with van der Waals surface area (Å²) in [5.74, 6) is -5.63. The van der Waals surface area contributed by atoms with E-state index in [2.05, 4.69) is 10.6 Å². The molecule has 0 radical (unpaired) electrons. The summed E-state index contributed by atoms with van der Waals surface area (Å²) in [5, 5.41) is 26.8. The number of hydrogen-bond donors (Lipinski definition) is 4. The van der Waals surface area contributed by atoms with Crippen molar-refractivity contribution in [3.05, 3.63) is 95.1 Å². The minimum Gasteiger partial charge on any atom is -0.508 e. The van der Waals surface area contributed by atoms with Gasteiger partial charge in [0.15, 0.2) is 6.10 Å². The van der Waals surface area contributed by atoms with E-state index in [9.17, 15) is 24.6 Å². The van der Waals surface area contributed by atoms with Crippen LogP contribution in [-0.2, 0) is 22.6 Å². The molecule has 3 unspecified atom stereocenters. The average molecular weight is 610 g/mol. The predicted octanol–water partition coefficient (Wildman–Crippen LogP) is 3.60. The van der Waals surface area contributed by atoms with Crippen molar-refractivity contribution < 1.29 is 38.1 Å². The molecule has 0 bridgehead atoms. The highest BCUT2D eigenvalue weighted by Gasteiger charge is 2.64. The summed E-state index contributed by atoms with van der Waals surface area (Å²) in [6.07, 6.45) is -1.99. The average Bonchev–Trinajstić information content (AvgIpc) is 3.19. The van der Waals surface area contributed by atoms with Crippen LogP contribution in [0.15, 0.2) is 72.8 Å². The van der Waals surface area contributed by atoms with Crippen LogP contribution in [0.1, 0.15) is 40.9 Å². The molecule has 1 heterocycles. The van der Waals surface area contributed by atoms with Crippen LogP contribution >= 0.6 is 0 Å². The second-order valence-corrected chi connectivity index (χ2v) is 11.5. The van der Waals surface area contributed by atoms with Crippen LogP contribution in [0.5, 0.6) is 11.5 Å². The van der Waals surface area contributed by atoms with E-state index in [4.69, 9.17) is 4.74 Å². The lowest BCUT2D eigenvalue weighted by atomic mass is 9.81. The first-order chi connectivity index (χ1) is 20.8. The van der Waals surface area contributed by atoms with E-state index in [1.807, 2.05) is 0 Å². The Morgan fingerprint density at radius 3 is 2.36 bits per heavy atom. The molecule has 44 heavy (non-hydrogen) atoms. The number of amides is 3. The number of aromatic hydroxyl groups is 1. The fourth-order valence-electron chi connectivity index (χ4n) is 5.41. The number of ether oxygens (including phenoxy) is 1. The van der Waals surface area contributed by atoms with Crippen molar-refractivity contribution >= 4 is 17.7 Å². The van der Waals surface area contributed by atoms with E-state index < -0.39 is 53.8 Å². The standard InChI is InChI=1S/C33H37F2N3O6/c1-20-24(14-9-15-26(20)39)29(41)37-25(17-21-10-6-5-7-11-21)27(40)31(43)38-19-33(34,35)32(2,3)28(38)30(42)36-18-22-12-8-13-23(16-22)44-4/h5-16,25,27-28,39-40H,17-19H2,1-4H3,(H,36,42)(H,37,41). The highest BCUT2D eigenvalue weighted by molar-refractivity contribution is 5.97. The Morgan fingerprint density at radius 1 is 1.02 bits per heavy atom. The molecule has 0 aliphatic carbocycles. The van der Waals surface area contributed by atoms with Crippen molar-refractivity contribution in [1.29, 1.82) is 0 Å². The van der Waals surface area contributed by atoms with Gasteiger partial charge in [0.05, 0.1) is 25.1 Å². The van der Waals surface area contributed by atoms with E-state index in [1.54, 1.807) is 61.5 Å². The fraction of sp³-hybridized carbons (Fsp3) is 0.364. The normalized spacial score (nSPS) is 18.2. The maximum atomic E-state index is 15.4. The molecule has 1 aliphatic heterocycles. The second-order valence-electron chi connectivity index (χ2n) is 11.5. The molecule has 3 atom stereocenters. The molecule has 1 saturated heterocycles. The van der Waals surface area contributed by atoms with Crippen molar-refractivity contribution in [3.8, 4) is 11.5 Å². The minimum absolute atomic E-state index is 0.00523. The molecule has 0 spiro atoms. The summed E-state index contributed by atoms with van der Waals surface area (Å²) < 4.78 is 35.9. The highest BCUT2D eigenvalue weighted by Crippen LogP contribution is 2.48. The maximum absolute atomic E-state index is 15.4. The highest BCUT2D eigenvalue weighted by atomic mass is 19.3. The number of phenols is 1. The molecule has 9 nitrogen and oxygen atoms in total. The van der Waals surface area contributed by atoms with Crippen LogP contribution in [0.3, 0.4) is 0 Å². The summed E-state index contributed by atoms with van der Waals surface area (Å²) in [5.41, 5.74) is -0.246. The zero-order valence-electron chi connectivity index (χ0n) is 25.0. The number of phenolic OH excluding ortho intramolecular Hbond substituents is 1. The third kappa shape index (κ3) is 6.67. The number of aliphatic hydroxyl groups excluding tert-OH is 1. The number of nitrogens with zero attached hydrogens (tertiary/aromatic N) is 1. The number of methoxy groups -OCH3 is 1. The van der Waals surface area contributed by atoms with Gasteiger partial charge in [-0.3, -0.25) is 14.4 Å². The van der Waals surface area contributed by atoms with Gasteiger partial charge in [-0.15, -0.1) is 0 Å². The van der Waals surface area contributed by atoms with Crippen molar-refractivity contribution in [2.75, 3.05) is 13.7 Å². The van der Waals surface area contributed by atoms with Crippen LogP contribution in [-0.4, -0.2) is 70.6 Å². The maximum Gasteiger partial charge on any atom is 0.272 e. The Bertz CT molecular complexity index is 1510. The van der Waals surface area contributed by atoms with E-state index in [0.29, 0.717) is 21.8 Å². The van der Waals surface area contributed by atoms with Gasteiger partial charge >= 0.3 is 0 Å². The quantitative estimate of drug-likeness (QED) is 0.278. The van der Waals surface area contributed by atoms with Gasteiger partial charge in [-0.05, 0) is 48.7 Å². The van der Waals surface area contributed by atoms with Gasteiger partial charge in [0.25, 0.3) is 17.7 Å². The molecule has 1 aliphatic rings. The molecular weight excluding hydrogens is 572 g/mol. The molecule has 0 aromatic heterocycles. The lowest BCUT2D eigenvalue weighted by Crippen LogP contribution is -2.57. The van der Waals surface area contributed by atoms with E-state index in [1.165, 1.54) is 39.2 Å². The van der Waals surface area contributed by atoms with Gasteiger partial charge in [-0.25, -0.2) is 8.78 Å². The summed E-state index contributed by atoms with van der Waals surface area (Å²) in [4.78, 5) is 41.2. The smallest absolute Gasteiger partial charge is 0.272 e. The zero-order valence-corrected chi connectivity index (χ0v) is 25.0. The van der Waals surface area contributed by atoms with Crippen LogP contribution in [0.2, 0.25) is 0 Å². The molecule has 0 saturated carbocycles. The first kappa shape index (κ1) is 32.4. The number of carbonyl (C=O) groups excluding carboxylic acids is 3. The summed E-state index contributed by atoms with van der Waals surface area (Å²) >= 11 is 0. The van der Waals surface area contributed by atoms with Crippen LogP contribution < -0.4 is 15.4 Å². The fourth-order valence-corrected chi connectivity index (χ4v) is 5.41. The monoisotopic (exact) mass is 609 g/mol. The second kappa shape index (κ2) is 13.0. The van der Waals surface area contributed by atoms with Crippen molar-refractivity contribution in [2.24, 2.45) is 5.41 Å². The lowest BCUT2D eigenvalue weighted by Gasteiger charge is -2.34. The summed E-state index contributed by atoms with van der Waals surface area (Å²) in [6, 6.07) is 17.1. The molecule has 234 valence electrons. The molecule has 4 rings (SSSR count). The SMILES string of the molecule is COc1cccc(CNC(=O)C2N(C(=O)C(O)C(Cc3ccccc3)NC(=O)c3cccc(O)c3C)CC(F)(F)C2(C)C)c1. The number of alkyl halides is 2. The molecule has 3 aromatic rings. The number of rotatable bonds is 10. The van der Waals surface area contributed by atoms with E-state index >= 15 is 8.78 Å². The number of nitrogens with one attached hydrogen (secondary N) is 2. The third-order valence-corrected chi connectivity index (χ3v) is 8.24. The summed E-state index contributed by atoms with van der Waals surface area (Å²) in [6.45, 7) is 2.85. The topological polar surface area (TPSA) is 128 Å². The van der Waals surface area contributed by atoms with Gasteiger partial charge < -0.3 is 30.5 Å². The number of benzene rings is 3. The van der Waals surface area contributed by atoms with Gasteiger partial charge in [0, 0.05) is 17.7 Å². The Kier molecular flexibility index (Phi) is 9.58. The molecule has 3 aromatic carbocycles. The largest absolute Gasteiger partial charge is 0.508 e. The van der Waals surface area contributed by atoms with Crippen molar-refractivity contribution in [1.82, 2.24) is 15.5 Å². The Hall–Kier alpha value is -4.51. The molecule has 1 fully saturated rings. The van der Waals surface area contributed by atoms with E-state index in [-0.39, 0.29) is 29.8 Å². The van der Waals surface area contributed by atoms with Gasteiger partial charge in [0.1, 0.15) is 17.5 Å². The first-order valence-electron chi connectivity index (χ1n) is 14.2. The van der Waals surface area contributed by atoms with Crippen LogP contribution in [0, 0.1) is 12.3 Å². The van der Waals surface area contributed by atoms with Crippen molar-refractivity contribution in [3.63, 3.8) is 0 Å². The zero-order chi connectivity index (χ0) is 32.2. The van der Waals surface area contributed by atoms with Crippen LogP contribution in [0.25, 0.3) is 0 Å². The Morgan fingerprint density at radius 2 is 1.68 bits per heavy atom. The number of hydrogen-bond acceptors (Lipinski definition) is 6. The summed E-state index contributed by atoms with van der Waals surface area (Å²) in [7, 11) is 1.49. The molecule has 3 amide bonds. The lowest BCUT2D eigenvalue weighted by molar-refractivity contribution is -0.148. The number of carbonyl (C=O) groups is 3. The third-order valence-electron chi connectivity index (χ3n) is 8.24. The molecule has 11 heteroatoms. The Balaban J connectivity index is 1.61. The Labute approximate surface area is 254 Å². The van der Waals surface area contributed by atoms with Crippen molar-refractivity contribution in [2.45, 2.75) is 57.8 Å². The first-order valence-corrected chi connectivity index (χ1v) is 14.2. The number of likely N-dealkylation sites (tertiary alicyclic amines) is 1. The van der Waals surface area contributed by atoms with Crippen LogP contribution in [0.4, 0.5) is 8.78 Å². The van der Waals surface area contributed by atoms with E-state index in [0.717, 1.165) is 0 Å². The minimum atomic E-state index is -3.46. The molecular formula is C33H37F2N3O6. The van der Waals surface area contributed by atoms with Gasteiger partial charge in [0.2, 0.25) is 5.91 Å². The van der Waals surface area contributed by atoms with Gasteiger partial charge in [-0.1, -0.05) is 62.4 Å². The predicted molar refractivity (Wildman–Crippen MR) is 159 cm³/mol. The molecule has 4 N–H and O–H groups in total. The number of halogens is 2.